The van der Waals surface area contributed by atoms with Gasteiger partial charge in [0.05, 0.1) is 0 Å². The molecule has 64 valence electrons. The predicted molar refractivity (Wildman–Crippen MR) is 47.5 cm³/mol. The van der Waals surface area contributed by atoms with Crippen molar-refractivity contribution in [2.45, 2.75) is 25.4 Å². The molecule has 0 saturated heterocycles. The molecular formula is C7H14ClN3. The lowest BCUT2D eigenvalue weighted by molar-refractivity contribution is 0.214. The Balaban J connectivity index is 2.31. The summed E-state index contributed by atoms with van der Waals surface area (Å²) >= 11 is 5.99. The van der Waals surface area contributed by atoms with Crippen molar-refractivity contribution in [2.24, 2.45) is 5.10 Å². The Hall–Kier alpha value is -0.440. The number of hydrazone groups is 1. The summed E-state index contributed by atoms with van der Waals surface area (Å²) in [6.45, 7) is 3.11. The van der Waals surface area contributed by atoms with Crippen LogP contribution in [-0.4, -0.2) is 35.5 Å². The van der Waals surface area contributed by atoms with E-state index in [0.717, 1.165) is 13.0 Å². The van der Waals surface area contributed by atoms with Gasteiger partial charge in [-0.05, 0) is 6.42 Å². The lowest BCUT2D eigenvalue weighted by atomic mass is 10.3. The molecule has 0 aromatic carbocycles. The fourth-order valence-electron chi connectivity index (χ4n) is 0.952. The van der Waals surface area contributed by atoms with Crippen LogP contribution >= 0.6 is 11.6 Å². The normalized spacial score (nSPS) is 23.4. The fourth-order valence-corrected chi connectivity index (χ4v) is 1.15. The van der Waals surface area contributed by atoms with Gasteiger partial charge in [0, 0.05) is 13.6 Å². The van der Waals surface area contributed by atoms with Crippen LogP contribution in [0.15, 0.2) is 5.10 Å². The van der Waals surface area contributed by atoms with Crippen molar-refractivity contribution in [3.63, 3.8) is 0 Å². The van der Waals surface area contributed by atoms with E-state index >= 15 is 0 Å². The van der Waals surface area contributed by atoms with Crippen molar-refractivity contribution in [2.75, 3.05) is 13.6 Å². The van der Waals surface area contributed by atoms with E-state index in [1.54, 1.807) is 6.34 Å². The summed E-state index contributed by atoms with van der Waals surface area (Å²) in [6.07, 6.45) is 4.08. The molecule has 0 aliphatic carbocycles. The van der Waals surface area contributed by atoms with Gasteiger partial charge in [0.1, 0.15) is 6.34 Å². The molecule has 4 heteroatoms. The first-order valence-electron chi connectivity index (χ1n) is 3.92. The SMILES string of the molecule is CCCCN1N=CN(C)C1Cl. The summed E-state index contributed by atoms with van der Waals surface area (Å²) in [5.41, 5.74) is -0.0819. The van der Waals surface area contributed by atoms with Crippen LogP contribution in [0.2, 0.25) is 0 Å². The number of unbranched alkanes of at least 4 members (excludes halogenated alkanes) is 1. The van der Waals surface area contributed by atoms with E-state index in [9.17, 15) is 0 Å². The van der Waals surface area contributed by atoms with Crippen molar-refractivity contribution < 1.29 is 0 Å². The van der Waals surface area contributed by atoms with Gasteiger partial charge < -0.3 is 4.90 Å². The Labute approximate surface area is 72.6 Å². The quantitative estimate of drug-likeness (QED) is 0.478. The smallest absolute Gasteiger partial charge is 0.195 e. The number of alkyl halides is 1. The topological polar surface area (TPSA) is 18.8 Å². The Morgan fingerprint density at radius 1 is 1.64 bits per heavy atom. The van der Waals surface area contributed by atoms with Crippen LogP contribution < -0.4 is 0 Å². The lowest BCUT2D eigenvalue weighted by Gasteiger charge is -2.21. The minimum absolute atomic E-state index is 0.0819. The van der Waals surface area contributed by atoms with Crippen LogP contribution in [-0.2, 0) is 0 Å². The van der Waals surface area contributed by atoms with Crippen LogP contribution in [0.4, 0.5) is 0 Å². The third-order valence-electron chi connectivity index (χ3n) is 1.70. The number of rotatable bonds is 3. The molecule has 0 bridgehead atoms. The highest BCUT2D eigenvalue weighted by Crippen LogP contribution is 2.14. The first-order chi connectivity index (χ1) is 5.25. The highest BCUT2D eigenvalue weighted by atomic mass is 35.5. The zero-order chi connectivity index (χ0) is 8.27. The van der Waals surface area contributed by atoms with Crippen LogP contribution in [0.3, 0.4) is 0 Å². The second-order valence-electron chi connectivity index (χ2n) is 2.72. The van der Waals surface area contributed by atoms with Gasteiger partial charge in [-0.3, -0.25) is 5.01 Å². The molecule has 3 nitrogen and oxygen atoms in total. The molecule has 0 saturated carbocycles. The van der Waals surface area contributed by atoms with Gasteiger partial charge in [-0.1, -0.05) is 24.9 Å². The monoisotopic (exact) mass is 175 g/mol. The molecule has 0 radical (unpaired) electrons. The molecular weight excluding hydrogens is 162 g/mol. The summed E-state index contributed by atoms with van der Waals surface area (Å²) in [4.78, 5) is 1.89. The minimum Gasteiger partial charge on any atom is -0.330 e. The van der Waals surface area contributed by atoms with Crippen molar-refractivity contribution in [3.8, 4) is 0 Å². The number of hydrogen-bond donors (Lipinski definition) is 0. The van der Waals surface area contributed by atoms with Crippen molar-refractivity contribution >= 4 is 17.9 Å². The molecule has 1 rings (SSSR count). The summed E-state index contributed by atoms with van der Waals surface area (Å²) in [5, 5.41) is 6.03. The van der Waals surface area contributed by atoms with Crippen molar-refractivity contribution in [3.05, 3.63) is 0 Å². The van der Waals surface area contributed by atoms with E-state index in [0.29, 0.717) is 0 Å². The Morgan fingerprint density at radius 3 is 2.82 bits per heavy atom. The number of halogens is 1. The van der Waals surface area contributed by atoms with E-state index in [2.05, 4.69) is 12.0 Å². The Bertz CT molecular complexity index is 149. The molecule has 1 unspecified atom stereocenters. The van der Waals surface area contributed by atoms with Crippen LogP contribution in [0.1, 0.15) is 19.8 Å². The molecule has 1 aliphatic rings. The molecule has 0 aromatic rings. The average molecular weight is 176 g/mol. The van der Waals surface area contributed by atoms with E-state index in [4.69, 9.17) is 11.6 Å². The van der Waals surface area contributed by atoms with Gasteiger partial charge in [-0.25, -0.2) is 0 Å². The van der Waals surface area contributed by atoms with Gasteiger partial charge in [0.15, 0.2) is 5.62 Å². The summed E-state index contributed by atoms with van der Waals surface area (Å²) in [6, 6.07) is 0. The molecule has 0 aromatic heterocycles. The molecule has 1 heterocycles. The minimum atomic E-state index is -0.0819. The Morgan fingerprint density at radius 2 is 2.36 bits per heavy atom. The highest BCUT2D eigenvalue weighted by Gasteiger charge is 2.20. The van der Waals surface area contributed by atoms with E-state index in [-0.39, 0.29) is 5.62 Å². The third kappa shape index (κ3) is 1.99. The third-order valence-corrected chi connectivity index (χ3v) is 2.24. The van der Waals surface area contributed by atoms with Crippen LogP contribution in [0.5, 0.6) is 0 Å². The molecule has 0 N–H and O–H groups in total. The van der Waals surface area contributed by atoms with Gasteiger partial charge >= 0.3 is 0 Å². The summed E-state index contributed by atoms with van der Waals surface area (Å²) < 4.78 is 0. The molecule has 1 atom stereocenters. The lowest BCUT2D eigenvalue weighted by Crippen LogP contribution is -2.32. The van der Waals surface area contributed by atoms with Crippen molar-refractivity contribution in [1.82, 2.24) is 9.91 Å². The van der Waals surface area contributed by atoms with E-state index in [1.165, 1.54) is 6.42 Å². The van der Waals surface area contributed by atoms with Gasteiger partial charge in [-0.2, -0.15) is 5.10 Å². The van der Waals surface area contributed by atoms with Gasteiger partial charge in [-0.15, -0.1) is 0 Å². The van der Waals surface area contributed by atoms with E-state index in [1.807, 2.05) is 17.0 Å². The van der Waals surface area contributed by atoms with Crippen LogP contribution in [0, 0.1) is 0 Å². The maximum atomic E-state index is 5.99. The molecule has 1 aliphatic heterocycles. The zero-order valence-corrected chi connectivity index (χ0v) is 7.75. The average Bonchev–Trinajstić information content (AvgIpc) is 2.31. The fraction of sp³-hybridized carbons (Fsp3) is 0.857. The highest BCUT2D eigenvalue weighted by molar-refractivity contribution is 6.20. The van der Waals surface area contributed by atoms with Gasteiger partial charge in [0.25, 0.3) is 0 Å². The van der Waals surface area contributed by atoms with E-state index < -0.39 is 0 Å². The maximum absolute atomic E-state index is 5.99. The second kappa shape index (κ2) is 3.81. The first-order valence-corrected chi connectivity index (χ1v) is 4.36. The van der Waals surface area contributed by atoms with Crippen LogP contribution in [0.25, 0.3) is 0 Å². The number of nitrogens with zero attached hydrogens (tertiary/aromatic N) is 3. The molecule has 11 heavy (non-hydrogen) atoms. The maximum Gasteiger partial charge on any atom is 0.195 e. The number of hydrogen-bond acceptors (Lipinski definition) is 3. The predicted octanol–water partition coefficient (Wildman–Crippen LogP) is 1.50. The second-order valence-corrected chi connectivity index (χ2v) is 3.11. The standard InChI is InChI=1S/C7H14ClN3/c1-3-4-5-11-7(8)10(2)6-9-11/h6-7H,3-5H2,1-2H3. The first kappa shape index (κ1) is 8.65. The molecule has 0 amide bonds. The van der Waals surface area contributed by atoms with Gasteiger partial charge in [0.2, 0.25) is 0 Å². The van der Waals surface area contributed by atoms with Crippen molar-refractivity contribution in [1.29, 1.82) is 0 Å². The summed E-state index contributed by atoms with van der Waals surface area (Å²) in [5.74, 6) is 0. The zero-order valence-electron chi connectivity index (χ0n) is 7.00. The molecule has 0 spiro atoms. The molecule has 0 fully saturated rings. The largest absolute Gasteiger partial charge is 0.330 e. The Kier molecular flexibility index (Phi) is 3.00. The summed E-state index contributed by atoms with van der Waals surface area (Å²) in [7, 11) is 1.92.